The van der Waals surface area contributed by atoms with E-state index >= 15 is 0 Å². The SMILES string of the molecule is COc1cc(C2=NNC3(O)C(=C2)C(C)=NN3c2ccccc2)ccc1O. The first-order chi connectivity index (χ1) is 12.5. The van der Waals surface area contributed by atoms with E-state index < -0.39 is 5.85 Å². The van der Waals surface area contributed by atoms with E-state index in [2.05, 4.69) is 15.6 Å². The lowest BCUT2D eigenvalue weighted by Crippen LogP contribution is -2.56. The normalized spacial score (nSPS) is 21.3. The number of phenolic OH excluding ortho intramolecular Hbond substituents is 1. The summed E-state index contributed by atoms with van der Waals surface area (Å²) in [7, 11) is 1.49. The van der Waals surface area contributed by atoms with E-state index in [4.69, 9.17) is 4.74 Å². The van der Waals surface area contributed by atoms with Gasteiger partial charge >= 0.3 is 0 Å². The third-order valence-corrected chi connectivity index (χ3v) is 4.41. The van der Waals surface area contributed by atoms with Crippen molar-refractivity contribution in [1.82, 2.24) is 5.43 Å². The number of allylic oxidation sites excluding steroid dienone is 1. The van der Waals surface area contributed by atoms with Gasteiger partial charge in [0.05, 0.1) is 29.8 Å². The molecule has 1 atom stereocenters. The zero-order valence-corrected chi connectivity index (χ0v) is 14.3. The molecule has 26 heavy (non-hydrogen) atoms. The predicted molar refractivity (Wildman–Crippen MR) is 99.4 cm³/mol. The summed E-state index contributed by atoms with van der Waals surface area (Å²) in [6.45, 7) is 1.84. The number of benzene rings is 2. The number of fused-ring (bicyclic) bond motifs is 1. The Bertz CT molecular complexity index is 953. The third-order valence-electron chi connectivity index (χ3n) is 4.41. The Morgan fingerprint density at radius 2 is 1.92 bits per heavy atom. The molecule has 7 nitrogen and oxygen atoms in total. The average molecular weight is 350 g/mol. The van der Waals surface area contributed by atoms with E-state index in [9.17, 15) is 10.2 Å². The molecule has 2 aromatic carbocycles. The molecule has 0 bridgehead atoms. The molecule has 0 aromatic heterocycles. The van der Waals surface area contributed by atoms with Gasteiger partial charge in [-0.3, -0.25) is 5.43 Å². The smallest absolute Gasteiger partial charge is 0.281 e. The van der Waals surface area contributed by atoms with Crippen molar-refractivity contribution in [3.05, 3.63) is 65.7 Å². The Kier molecular flexibility index (Phi) is 3.66. The highest BCUT2D eigenvalue weighted by atomic mass is 16.5. The quantitative estimate of drug-likeness (QED) is 0.789. The van der Waals surface area contributed by atoms with Crippen LogP contribution in [0.25, 0.3) is 0 Å². The molecule has 132 valence electrons. The third kappa shape index (κ3) is 2.41. The first kappa shape index (κ1) is 16.2. The fraction of sp³-hybridized carbons (Fsp3) is 0.158. The van der Waals surface area contributed by atoms with Crippen molar-refractivity contribution in [2.75, 3.05) is 12.1 Å². The van der Waals surface area contributed by atoms with E-state index in [1.54, 1.807) is 24.3 Å². The number of nitrogens with zero attached hydrogens (tertiary/aromatic N) is 3. The summed E-state index contributed by atoms with van der Waals surface area (Å²) in [5, 5.41) is 31.2. The Balaban J connectivity index is 1.72. The number of ether oxygens (including phenoxy) is 1. The summed E-state index contributed by atoms with van der Waals surface area (Å²) in [4.78, 5) is 0. The molecular formula is C19H18N4O3. The Labute approximate surface area is 150 Å². The molecule has 2 aliphatic rings. The van der Waals surface area contributed by atoms with Crippen LogP contribution >= 0.6 is 0 Å². The summed E-state index contributed by atoms with van der Waals surface area (Å²) in [5.74, 6) is -1.14. The number of anilines is 1. The van der Waals surface area contributed by atoms with Crippen molar-refractivity contribution in [2.45, 2.75) is 12.8 Å². The molecule has 0 aliphatic carbocycles. The van der Waals surface area contributed by atoms with E-state index in [-0.39, 0.29) is 5.75 Å². The minimum absolute atomic E-state index is 0.0543. The monoisotopic (exact) mass is 350 g/mol. The maximum Gasteiger partial charge on any atom is 0.281 e. The number of para-hydroxylation sites is 1. The van der Waals surface area contributed by atoms with Crippen LogP contribution in [0.5, 0.6) is 11.5 Å². The fourth-order valence-corrected chi connectivity index (χ4v) is 3.06. The molecule has 3 N–H and O–H groups in total. The first-order valence-corrected chi connectivity index (χ1v) is 8.10. The predicted octanol–water partition coefficient (Wildman–Crippen LogP) is 2.18. The van der Waals surface area contributed by atoms with Crippen LogP contribution < -0.4 is 15.2 Å². The molecule has 0 radical (unpaired) electrons. The minimum atomic E-state index is -1.55. The van der Waals surface area contributed by atoms with Gasteiger partial charge in [-0.2, -0.15) is 10.2 Å². The lowest BCUT2D eigenvalue weighted by molar-refractivity contribution is 0.0501. The summed E-state index contributed by atoms with van der Waals surface area (Å²) >= 11 is 0. The van der Waals surface area contributed by atoms with Crippen LogP contribution in [0, 0.1) is 0 Å². The number of aromatic hydroxyl groups is 1. The van der Waals surface area contributed by atoms with Crippen molar-refractivity contribution in [2.24, 2.45) is 10.2 Å². The second-order valence-corrected chi connectivity index (χ2v) is 6.06. The van der Waals surface area contributed by atoms with Crippen molar-refractivity contribution in [1.29, 1.82) is 0 Å². The standard InChI is InChI=1S/C19H18N4O3/c1-12-15-11-16(13-8-9-17(24)18(10-13)26-2)20-22-19(15,25)23(21-12)14-6-4-3-5-7-14/h3-11,22,24-25H,1-2H3. The van der Waals surface area contributed by atoms with Gasteiger partial charge < -0.3 is 14.9 Å². The molecule has 0 amide bonds. The molecule has 2 aromatic rings. The van der Waals surface area contributed by atoms with Crippen LogP contribution in [0.4, 0.5) is 5.69 Å². The molecule has 0 saturated carbocycles. The molecule has 7 heteroatoms. The molecule has 0 spiro atoms. The zero-order chi connectivity index (χ0) is 18.3. The summed E-state index contributed by atoms with van der Waals surface area (Å²) < 4.78 is 5.15. The van der Waals surface area contributed by atoms with Crippen molar-refractivity contribution < 1.29 is 14.9 Å². The number of hydrazone groups is 2. The Morgan fingerprint density at radius 3 is 2.65 bits per heavy atom. The summed E-state index contributed by atoms with van der Waals surface area (Å²) in [5.41, 5.74) is 6.21. The highest BCUT2D eigenvalue weighted by Gasteiger charge is 2.47. The van der Waals surface area contributed by atoms with Crippen LogP contribution in [0.1, 0.15) is 12.5 Å². The van der Waals surface area contributed by atoms with Crippen LogP contribution in [-0.4, -0.2) is 34.6 Å². The average Bonchev–Trinajstić information content (AvgIpc) is 2.93. The Morgan fingerprint density at radius 1 is 1.15 bits per heavy atom. The second-order valence-electron chi connectivity index (χ2n) is 6.06. The number of hydrogen-bond donors (Lipinski definition) is 3. The van der Waals surface area contributed by atoms with Crippen LogP contribution in [0.2, 0.25) is 0 Å². The van der Waals surface area contributed by atoms with Crippen LogP contribution in [0.3, 0.4) is 0 Å². The second kappa shape index (κ2) is 5.89. The zero-order valence-electron chi connectivity index (χ0n) is 14.3. The van der Waals surface area contributed by atoms with Crippen LogP contribution in [-0.2, 0) is 0 Å². The van der Waals surface area contributed by atoms with Gasteiger partial charge in [-0.25, -0.2) is 5.01 Å². The van der Waals surface area contributed by atoms with Gasteiger partial charge in [-0.15, -0.1) is 0 Å². The molecule has 2 heterocycles. The lowest BCUT2D eigenvalue weighted by Gasteiger charge is -2.35. The van der Waals surface area contributed by atoms with E-state index in [0.29, 0.717) is 22.7 Å². The summed E-state index contributed by atoms with van der Waals surface area (Å²) in [6, 6.07) is 14.4. The van der Waals surface area contributed by atoms with Gasteiger partial charge in [0.1, 0.15) is 0 Å². The van der Waals surface area contributed by atoms with Gasteiger partial charge in [-0.05, 0) is 43.3 Å². The van der Waals surface area contributed by atoms with E-state index in [1.807, 2.05) is 37.3 Å². The molecular weight excluding hydrogens is 332 g/mol. The number of phenols is 1. The maximum absolute atomic E-state index is 11.2. The van der Waals surface area contributed by atoms with Gasteiger partial charge in [-0.1, -0.05) is 18.2 Å². The molecule has 0 fully saturated rings. The van der Waals surface area contributed by atoms with Gasteiger partial charge in [0.2, 0.25) is 0 Å². The van der Waals surface area contributed by atoms with Gasteiger partial charge in [0, 0.05) is 5.56 Å². The van der Waals surface area contributed by atoms with Gasteiger partial charge in [0.15, 0.2) is 11.5 Å². The number of aliphatic hydroxyl groups is 1. The lowest BCUT2D eigenvalue weighted by atomic mass is 9.99. The van der Waals surface area contributed by atoms with Crippen molar-refractivity contribution in [3.8, 4) is 11.5 Å². The summed E-state index contributed by atoms with van der Waals surface area (Å²) in [6.07, 6.45) is 1.78. The molecule has 4 rings (SSSR count). The number of rotatable bonds is 3. The molecule has 0 saturated heterocycles. The number of nitrogens with one attached hydrogen (secondary N) is 1. The topological polar surface area (TPSA) is 89.7 Å². The first-order valence-electron chi connectivity index (χ1n) is 8.10. The molecule has 1 unspecified atom stereocenters. The molecule has 2 aliphatic heterocycles. The minimum Gasteiger partial charge on any atom is -0.504 e. The number of hydrogen-bond acceptors (Lipinski definition) is 7. The van der Waals surface area contributed by atoms with Crippen LogP contribution in [0.15, 0.2) is 70.4 Å². The Hall–Kier alpha value is -3.32. The van der Waals surface area contributed by atoms with E-state index in [1.165, 1.54) is 12.1 Å². The highest BCUT2D eigenvalue weighted by Crippen LogP contribution is 2.36. The largest absolute Gasteiger partial charge is 0.504 e. The number of methoxy groups -OCH3 is 1. The van der Waals surface area contributed by atoms with Crippen molar-refractivity contribution in [3.63, 3.8) is 0 Å². The fourth-order valence-electron chi connectivity index (χ4n) is 3.06. The van der Waals surface area contributed by atoms with E-state index in [0.717, 1.165) is 11.3 Å². The van der Waals surface area contributed by atoms with Gasteiger partial charge in [0.25, 0.3) is 5.85 Å². The highest BCUT2D eigenvalue weighted by molar-refractivity contribution is 6.16. The maximum atomic E-state index is 11.2. The van der Waals surface area contributed by atoms with Crippen molar-refractivity contribution >= 4 is 17.1 Å².